The van der Waals surface area contributed by atoms with Crippen LogP contribution < -0.4 is 20.1 Å². The fourth-order valence-corrected chi connectivity index (χ4v) is 3.03. The SMILES string of the molecule is CCOC(=O)Oc1ccc(C(=O)NCc2cccc(NC(=O)c3ccc(OCC)cc3)c2)cc1. The third kappa shape index (κ3) is 7.09. The van der Waals surface area contributed by atoms with Crippen LogP contribution >= 0.6 is 0 Å². The van der Waals surface area contributed by atoms with Gasteiger partial charge in [0.05, 0.1) is 13.2 Å². The lowest BCUT2D eigenvalue weighted by molar-refractivity contribution is 0.0950. The van der Waals surface area contributed by atoms with Gasteiger partial charge in [0.25, 0.3) is 11.8 Å². The first kappa shape index (κ1) is 24.3. The van der Waals surface area contributed by atoms with Crippen LogP contribution in [0.3, 0.4) is 0 Å². The van der Waals surface area contributed by atoms with E-state index in [0.29, 0.717) is 29.2 Å². The van der Waals surface area contributed by atoms with Crippen molar-refractivity contribution in [1.29, 1.82) is 0 Å². The highest BCUT2D eigenvalue weighted by atomic mass is 16.7. The van der Waals surface area contributed by atoms with Gasteiger partial charge in [-0.15, -0.1) is 0 Å². The number of rotatable bonds is 9. The Balaban J connectivity index is 1.54. The van der Waals surface area contributed by atoms with E-state index in [-0.39, 0.29) is 30.7 Å². The third-order valence-electron chi connectivity index (χ3n) is 4.65. The van der Waals surface area contributed by atoms with Crippen molar-refractivity contribution in [3.63, 3.8) is 0 Å². The number of carbonyl (C=O) groups is 3. The molecule has 0 aromatic heterocycles. The molecule has 34 heavy (non-hydrogen) atoms. The maximum absolute atomic E-state index is 12.5. The van der Waals surface area contributed by atoms with E-state index >= 15 is 0 Å². The molecule has 3 aromatic carbocycles. The number of carbonyl (C=O) groups excluding carboxylic acids is 3. The van der Waals surface area contributed by atoms with Crippen molar-refractivity contribution in [2.45, 2.75) is 20.4 Å². The molecule has 0 aliphatic rings. The lowest BCUT2D eigenvalue weighted by Gasteiger charge is -2.10. The maximum Gasteiger partial charge on any atom is 0.513 e. The summed E-state index contributed by atoms with van der Waals surface area (Å²) in [5, 5.41) is 5.68. The van der Waals surface area contributed by atoms with E-state index in [4.69, 9.17) is 14.2 Å². The molecule has 0 aliphatic heterocycles. The van der Waals surface area contributed by atoms with Gasteiger partial charge in [-0.05, 0) is 80.1 Å². The first-order chi connectivity index (χ1) is 16.5. The summed E-state index contributed by atoms with van der Waals surface area (Å²) in [7, 11) is 0. The van der Waals surface area contributed by atoms with Crippen LogP contribution in [-0.2, 0) is 11.3 Å². The van der Waals surface area contributed by atoms with E-state index in [9.17, 15) is 14.4 Å². The van der Waals surface area contributed by atoms with Crippen LogP contribution in [0.25, 0.3) is 0 Å². The number of amides is 2. The molecule has 176 valence electrons. The standard InChI is InChI=1S/C26H26N2O6/c1-3-32-22-12-8-20(9-13-22)25(30)28-21-7-5-6-18(16-21)17-27-24(29)19-10-14-23(15-11-19)34-26(31)33-4-2/h5-16H,3-4,17H2,1-2H3,(H,27,29)(H,28,30). The van der Waals surface area contributed by atoms with Gasteiger partial charge in [-0.1, -0.05) is 12.1 Å². The van der Waals surface area contributed by atoms with Crippen molar-refractivity contribution in [3.8, 4) is 11.5 Å². The van der Waals surface area contributed by atoms with Crippen LogP contribution in [0, 0.1) is 0 Å². The van der Waals surface area contributed by atoms with Crippen molar-refractivity contribution in [2.24, 2.45) is 0 Å². The molecular formula is C26H26N2O6. The Kier molecular flexibility index (Phi) is 8.62. The first-order valence-corrected chi connectivity index (χ1v) is 10.8. The highest BCUT2D eigenvalue weighted by Crippen LogP contribution is 2.16. The first-order valence-electron chi connectivity index (χ1n) is 10.8. The molecule has 0 spiro atoms. The van der Waals surface area contributed by atoms with Crippen molar-refractivity contribution in [3.05, 3.63) is 89.5 Å². The van der Waals surface area contributed by atoms with Crippen molar-refractivity contribution in [1.82, 2.24) is 5.32 Å². The molecule has 2 amide bonds. The zero-order valence-corrected chi connectivity index (χ0v) is 19.0. The molecule has 0 bridgehead atoms. The topological polar surface area (TPSA) is 103 Å². The average Bonchev–Trinajstić information content (AvgIpc) is 2.84. The van der Waals surface area contributed by atoms with Gasteiger partial charge in [0, 0.05) is 23.4 Å². The fourth-order valence-electron chi connectivity index (χ4n) is 3.03. The number of hydrogen-bond donors (Lipinski definition) is 2. The summed E-state index contributed by atoms with van der Waals surface area (Å²) in [6, 6.07) is 20.3. The van der Waals surface area contributed by atoms with Gasteiger partial charge >= 0.3 is 6.16 Å². The van der Waals surface area contributed by atoms with Crippen LogP contribution in [0.1, 0.15) is 40.1 Å². The summed E-state index contributed by atoms with van der Waals surface area (Å²) in [4.78, 5) is 36.3. The average molecular weight is 463 g/mol. The monoisotopic (exact) mass is 462 g/mol. The second kappa shape index (κ2) is 12.1. The molecule has 0 unspecified atom stereocenters. The summed E-state index contributed by atoms with van der Waals surface area (Å²) < 4.78 is 15.1. The Morgan fingerprint density at radius 1 is 0.765 bits per heavy atom. The smallest absolute Gasteiger partial charge is 0.494 e. The minimum atomic E-state index is -0.797. The van der Waals surface area contributed by atoms with Crippen molar-refractivity contribution in [2.75, 3.05) is 18.5 Å². The second-order valence-electron chi connectivity index (χ2n) is 7.10. The Morgan fingerprint density at radius 3 is 2.06 bits per heavy atom. The van der Waals surface area contributed by atoms with Gasteiger partial charge < -0.3 is 24.8 Å². The zero-order chi connectivity index (χ0) is 24.3. The maximum atomic E-state index is 12.5. The predicted molar refractivity (Wildman–Crippen MR) is 127 cm³/mol. The normalized spacial score (nSPS) is 10.2. The highest BCUT2D eigenvalue weighted by Gasteiger charge is 2.10. The summed E-state index contributed by atoms with van der Waals surface area (Å²) in [5.41, 5.74) is 2.36. The Bertz CT molecular complexity index is 1130. The van der Waals surface area contributed by atoms with Crippen LogP contribution in [-0.4, -0.2) is 31.2 Å². The Morgan fingerprint density at radius 2 is 1.41 bits per heavy atom. The molecule has 3 rings (SSSR count). The molecule has 0 aliphatic carbocycles. The van der Waals surface area contributed by atoms with Crippen LogP contribution in [0.2, 0.25) is 0 Å². The molecule has 2 N–H and O–H groups in total. The molecule has 0 saturated carbocycles. The van der Waals surface area contributed by atoms with E-state index in [1.54, 1.807) is 61.5 Å². The van der Waals surface area contributed by atoms with E-state index < -0.39 is 6.16 Å². The van der Waals surface area contributed by atoms with E-state index in [2.05, 4.69) is 10.6 Å². The lowest BCUT2D eigenvalue weighted by Crippen LogP contribution is -2.22. The molecule has 3 aromatic rings. The second-order valence-corrected chi connectivity index (χ2v) is 7.10. The fraction of sp³-hybridized carbons (Fsp3) is 0.192. The number of benzene rings is 3. The number of hydrogen-bond acceptors (Lipinski definition) is 6. The summed E-state index contributed by atoms with van der Waals surface area (Å²) in [6.07, 6.45) is -0.797. The number of nitrogens with one attached hydrogen (secondary N) is 2. The summed E-state index contributed by atoms with van der Waals surface area (Å²) in [5.74, 6) is 0.463. The Hall–Kier alpha value is -4.33. The minimum Gasteiger partial charge on any atom is -0.494 e. The van der Waals surface area contributed by atoms with Gasteiger partial charge in [-0.2, -0.15) is 0 Å². The van der Waals surface area contributed by atoms with Gasteiger partial charge in [0.2, 0.25) is 0 Å². The van der Waals surface area contributed by atoms with E-state index in [1.807, 2.05) is 13.0 Å². The molecule has 0 radical (unpaired) electrons. The predicted octanol–water partition coefficient (Wildman–Crippen LogP) is 4.80. The molecule has 0 atom stereocenters. The van der Waals surface area contributed by atoms with Gasteiger partial charge in [0.15, 0.2) is 0 Å². The summed E-state index contributed by atoms with van der Waals surface area (Å²) >= 11 is 0. The zero-order valence-electron chi connectivity index (χ0n) is 19.0. The van der Waals surface area contributed by atoms with Gasteiger partial charge in [-0.25, -0.2) is 4.79 Å². The number of anilines is 1. The summed E-state index contributed by atoms with van der Waals surface area (Å²) in [6.45, 7) is 4.62. The molecule has 0 fully saturated rings. The van der Waals surface area contributed by atoms with Crippen LogP contribution in [0.15, 0.2) is 72.8 Å². The quantitative estimate of drug-likeness (QED) is 0.350. The highest BCUT2D eigenvalue weighted by molar-refractivity contribution is 6.04. The molecule has 8 heteroatoms. The largest absolute Gasteiger partial charge is 0.513 e. The number of ether oxygens (including phenoxy) is 3. The van der Waals surface area contributed by atoms with Gasteiger partial charge in [0.1, 0.15) is 11.5 Å². The third-order valence-corrected chi connectivity index (χ3v) is 4.65. The molecule has 0 heterocycles. The van der Waals surface area contributed by atoms with E-state index in [0.717, 1.165) is 5.56 Å². The van der Waals surface area contributed by atoms with Crippen LogP contribution in [0.5, 0.6) is 11.5 Å². The Labute approximate surface area is 197 Å². The van der Waals surface area contributed by atoms with Gasteiger partial charge in [-0.3, -0.25) is 9.59 Å². The minimum absolute atomic E-state index is 0.214. The lowest BCUT2D eigenvalue weighted by atomic mass is 10.1. The van der Waals surface area contributed by atoms with Crippen molar-refractivity contribution < 1.29 is 28.6 Å². The van der Waals surface area contributed by atoms with E-state index in [1.165, 1.54) is 12.1 Å². The van der Waals surface area contributed by atoms with Crippen molar-refractivity contribution >= 4 is 23.7 Å². The molecular weight excluding hydrogens is 436 g/mol. The van der Waals surface area contributed by atoms with Crippen LogP contribution in [0.4, 0.5) is 10.5 Å². The molecule has 0 saturated heterocycles. The molecule has 8 nitrogen and oxygen atoms in total.